The summed E-state index contributed by atoms with van der Waals surface area (Å²) in [5, 5.41) is 6.91. The quantitative estimate of drug-likeness (QED) is 0.619. The van der Waals surface area contributed by atoms with Gasteiger partial charge in [-0.15, -0.1) is 0 Å². The normalized spacial score (nSPS) is 16.8. The lowest BCUT2D eigenvalue weighted by Gasteiger charge is -2.32. The second kappa shape index (κ2) is 9.75. The molecule has 162 valence electrons. The van der Waals surface area contributed by atoms with Gasteiger partial charge in [-0.1, -0.05) is 35.5 Å². The number of aromatic nitrogens is 1. The summed E-state index contributed by atoms with van der Waals surface area (Å²) in [5.74, 6) is 0.585. The second-order valence-electron chi connectivity index (χ2n) is 7.81. The number of rotatable bonds is 7. The molecule has 3 aromatic rings. The maximum Gasteiger partial charge on any atom is 0.290 e. The molecule has 0 radical (unpaired) electrons. The lowest BCUT2D eigenvalue weighted by Crippen LogP contribution is -2.34. The first-order valence-electron chi connectivity index (χ1n) is 10.5. The minimum absolute atomic E-state index is 0.174. The van der Waals surface area contributed by atoms with Crippen molar-refractivity contribution in [2.45, 2.75) is 31.8 Å². The molecule has 1 fully saturated rings. The van der Waals surface area contributed by atoms with Gasteiger partial charge in [-0.2, -0.15) is 0 Å². The molecule has 1 amide bonds. The van der Waals surface area contributed by atoms with Gasteiger partial charge in [0.2, 0.25) is 5.76 Å². The van der Waals surface area contributed by atoms with E-state index in [9.17, 15) is 9.18 Å². The first-order chi connectivity index (χ1) is 15.1. The van der Waals surface area contributed by atoms with Crippen LogP contribution in [-0.2, 0) is 13.1 Å². The number of nitrogens with one attached hydrogen (secondary N) is 1. The van der Waals surface area contributed by atoms with E-state index in [0.717, 1.165) is 49.5 Å². The van der Waals surface area contributed by atoms with Gasteiger partial charge >= 0.3 is 0 Å². The van der Waals surface area contributed by atoms with E-state index in [0.29, 0.717) is 5.56 Å². The molecule has 6 nitrogen and oxygen atoms in total. The molecule has 4 rings (SSSR count). The Morgan fingerprint density at radius 1 is 1.26 bits per heavy atom. The first kappa shape index (κ1) is 21.1. The molecule has 1 aliphatic heterocycles. The molecular weight excluding hydrogens is 397 g/mol. The van der Waals surface area contributed by atoms with Gasteiger partial charge < -0.3 is 14.6 Å². The number of methoxy groups -OCH3 is 1. The van der Waals surface area contributed by atoms with Crippen molar-refractivity contribution >= 4 is 5.91 Å². The number of likely N-dealkylation sites (tertiary alicyclic amines) is 1. The lowest BCUT2D eigenvalue weighted by atomic mass is 9.94. The van der Waals surface area contributed by atoms with Gasteiger partial charge in [0.1, 0.15) is 11.6 Å². The summed E-state index contributed by atoms with van der Waals surface area (Å²) >= 11 is 0. The van der Waals surface area contributed by atoms with Crippen LogP contribution in [0.4, 0.5) is 4.39 Å². The summed E-state index contributed by atoms with van der Waals surface area (Å²) in [7, 11) is 1.69. The first-order valence-corrected chi connectivity index (χ1v) is 10.5. The molecule has 1 N–H and O–H groups in total. The van der Waals surface area contributed by atoms with Crippen molar-refractivity contribution in [1.82, 2.24) is 15.4 Å². The molecule has 1 atom stereocenters. The third-order valence-electron chi connectivity index (χ3n) is 5.60. The highest BCUT2D eigenvalue weighted by Crippen LogP contribution is 2.29. The van der Waals surface area contributed by atoms with Crippen LogP contribution in [0.3, 0.4) is 0 Å². The van der Waals surface area contributed by atoms with E-state index in [-0.39, 0.29) is 29.9 Å². The minimum Gasteiger partial charge on any atom is -0.496 e. The van der Waals surface area contributed by atoms with Crippen molar-refractivity contribution in [2.24, 2.45) is 0 Å². The molecule has 31 heavy (non-hydrogen) atoms. The van der Waals surface area contributed by atoms with E-state index in [4.69, 9.17) is 9.26 Å². The van der Waals surface area contributed by atoms with Crippen LogP contribution < -0.4 is 10.1 Å². The number of hydrogen-bond donors (Lipinski definition) is 1. The van der Waals surface area contributed by atoms with E-state index >= 15 is 0 Å². The number of ether oxygens (including phenoxy) is 1. The average molecular weight is 423 g/mol. The molecule has 0 bridgehead atoms. The topological polar surface area (TPSA) is 67.6 Å². The highest BCUT2D eigenvalue weighted by atomic mass is 19.1. The fraction of sp³-hybridized carbons (Fsp3) is 0.333. The summed E-state index contributed by atoms with van der Waals surface area (Å²) in [6.07, 6.45) is 2.05. The Hall–Kier alpha value is -3.19. The van der Waals surface area contributed by atoms with Crippen molar-refractivity contribution in [3.8, 4) is 5.75 Å². The molecule has 2 aromatic carbocycles. The fourth-order valence-electron chi connectivity index (χ4n) is 4.02. The number of hydrogen-bond acceptors (Lipinski definition) is 5. The molecule has 0 saturated carbocycles. The van der Waals surface area contributed by atoms with E-state index in [2.05, 4.69) is 21.4 Å². The summed E-state index contributed by atoms with van der Waals surface area (Å²) in [5.41, 5.74) is 2.64. The Balaban J connectivity index is 1.36. The van der Waals surface area contributed by atoms with Crippen LogP contribution >= 0.6 is 0 Å². The fourth-order valence-corrected chi connectivity index (χ4v) is 4.02. The molecule has 1 aliphatic rings. The zero-order chi connectivity index (χ0) is 21.6. The number of para-hydroxylation sites is 1. The van der Waals surface area contributed by atoms with Crippen molar-refractivity contribution in [3.63, 3.8) is 0 Å². The molecule has 0 spiro atoms. The highest BCUT2D eigenvalue weighted by molar-refractivity contribution is 5.91. The van der Waals surface area contributed by atoms with Crippen molar-refractivity contribution in [3.05, 3.63) is 83.0 Å². The van der Waals surface area contributed by atoms with Gasteiger partial charge in [0, 0.05) is 37.2 Å². The van der Waals surface area contributed by atoms with E-state index in [1.165, 1.54) is 12.1 Å². The van der Waals surface area contributed by atoms with Crippen molar-refractivity contribution < 1.29 is 18.4 Å². The van der Waals surface area contributed by atoms with Crippen LogP contribution in [-0.4, -0.2) is 36.2 Å². The number of piperidine rings is 1. The third kappa shape index (κ3) is 5.30. The predicted molar refractivity (Wildman–Crippen MR) is 114 cm³/mol. The number of carbonyl (C=O) groups is 1. The lowest BCUT2D eigenvalue weighted by molar-refractivity contribution is 0.0913. The Kier molecular flexibility index (Phi) is 6.62. The summed E-state index contributed by atoms with van der Waals surface area (Å²) in [6, 6.07) is 15.9. The largest absolute Gasteiger partial charge is 0.496 e. The van der Waals surface area contributed by atoms with Crippen molar-refractivity contribution in [2.75, 3.05) is 20.2 Å². The number of benzene rings is 2. The Labute approximate surface area is 181 Å². The zero-order valence-electron chi connectivity index (χ0n) is 17.5. The van der Waals surface area contributed by atoms with Crippen molar-refractivity contribution in [1.29, 1.82) is 0 Å². The smallest absolute Gasteiger partial charge is 0.290 e. The maximum atomic E-state index is 13.3. The maximum absolute atomic E-state index is 13.3. The van der Waals surface area contributed by atoms with E-state index in [1.807, 2.05) is 18.2 Å². The molecular formula is C24H26FN3O3. The molecule has 1 aromatic heterocycles. The Morgan fingerprint density at radius 2 is 2.13 bits per heavy atom. The average Bonchev–Trinajstić information content (AvgIpc) is 3.29. The molecule has 7 heteroatoms. The Morgan fingerprint density at radius 3 is 2.97 bits per heavy atom. The molecule has 0 aliphatic carbocycles. The standard InChI is InChI=1S/C24H26FN3O3/c1-30-22-10-3-2-7-19(22)16-28-11-5-8-18(15-28)21-13-23(31-27-21)24(29)26-14-17-6-4-9-20(25)12-17/h2-4,6-7,9-10,12-13,18H,5,8,11,14-16H2,1H3,(H,26,29)/t18-/m0/s1. The van der Waals surface area contributed by atoms with E-state index < -0.39 is 0 Å². The van der Waals surface area contributed by atoms with Crippen LogP contribution in [0.15, 0.2) is 59.1 Å². The van der Waals surface area contributed by atoms with Gasteiger partial charge in [-0.3, -0.25) is 9.69 Å². The number of halogens is 1. The summed E-state index contributed by atoms with van der Waals surface area (Å²) < 4.78 is 24.1. The van der Waals surface area contributed by atoms with Crippen LogP contribution in [0.1, 0.15) is 46.1 Å². The molecule has 1 saturated heterocycles. The van der Waals surface area contributed by atoms with Crippen LogP contribution in [0.25, 0.3) is 0 Å². The third-order valence-corrected chi connectivity index (χ3v) is 5.60. The van der Waals surface area contributed by atoms with Gasteiger partial charge in [-0.05, 0) is 43.1 Å². The zero-order valence-corrected chi connectivity index (χ0v) is 17.5. The SMILES string of the molecule is COc1ccccc1CN1CCC[C@H](c2cc(C(=O)NCc3cccc(F)c3)on2)C1. The van der Waals surface area contributed by atoms with Gasteiger partial charge in [0.15, 0.2) is 0 Å². The second-order valence-corrected chi connectivity index (χ2v) is 7.81. The van der Waals surface area contributed by atoms with E-state index in [1.54, 1.807) is 25.3 Å². The number of nitrogens with zero attached hydrogens (tertiary/aromatic N) is 2. The highest BCUT2D eigenvalue weighted by Gasteiger charge is 2.26. The van der Waals surface area contributed by atoms with Crippen LogP contribution in [0, 0.1) is 5.82 Å². The van der Waals surface area contributed by atoms with Crippen LogP contribution in [0.2, 0.25) is 0 Å². The number of amides is 1. The number of carbonyl (C=O) groups excluding carboxylic acids is 1. The van der Waals surface area contributed by atoms with Gasteiger partial charge in [0.25, 0.3) is 5.91 Å². The summed E-state index contributed by atoms with van der Waals surface area (Å²) in [4.78, 5) is 14.8. The minimum atomic E-state index is -0.357. The molecule has 2 heterocycles. The van der Waals surface area contributed by atoms with Gasteiger partial charge in [0.05, 0.1) is 12.8 Å². The monoisotopic (exact) mass is 423 g/mol. The Bertz CT molecular complexity index is 1040. The predicted octanol–water partition coefficient (Wildman–Crippen LogP) is 4.13. The van der Waals surface area contributed by atoms with Crippen LogP contribution in [0.5, 0.6) is 5.75 Å². The summed E-state index contributed by atoms with van der Waals surface area (Å²) in [6.45, 7) is 2.88. The molecule has 0 unspecified atom stereocenters. The van der Waals surface area contributed by atoms with Gasteiger partial charge in [-0.25, -0.2) is 4.39 Å².